The first-order valence-corrected chi connectivity index (χ1v) is 4.10. The van der Waals surface area contributed by atoms with Gasteiger partial charge in [-0.1, -0.05) is 0 Å². The van der Waals surface area contributed by atoms with Gasteiger partial charge in [0.1, 0.15) is 0 Å². The van der Waals surface area contributed by atoms with Crippen molar-refractivity contribution in [2.75, 3.05) is 0 Å². The van der Waals surface area contributed by atoms with E-state index in [1.807, 2.05) is 0 Å². The molecule has 0 heterocycles. The zero-order valence-corrected chi connectivity index (χ0v) is 7.51. The first-order chi connectivity index (χ1) is 3.71. The normalized spacial score (nSPS) is 12.2. The molecule has 10 heavy (non-hydrogen) atoms. The monoisotopic (exact) mass is 204 g/mol. The molecule has 2 N–H and O–H groups in total. The van der Waals surface area contributed by atoms with Gasteiger partial charge in [0, 0.05) is 0 Å². The van der Waals surface area contributed by atoms with E-state index in [2.05, 4.69) is 3.63 Å². The van der Waals surface area contributed by atoms with Crippen LogP contribution in [-0.2, 0) is 24.4 Å². The third kappa shape index (κ3) is 11.4. The Morgan fingerprint density at radius 2 is 1.20 bits per heavy atom. The van der Waals surface area contributed by atoms with Crippen LogP contribution in [0.2, 0.25) is 0 Å². The first-order valence-electron chi connectivity index (χ1n) is 1.37. The zero-order chi connectivity index (χ0) is 7.71. The Morgan fingerprint density at radius 1 is 1.00 bits per heavy atom. The van der Waals surface area contributed by atoms with Gasteiger partial charge < -0.3 is 2.85 Å². The number of hydrogen-bond acceptors (Lipinski definition) is 5. The molecule has 0 aromatic rings. The van der Waals surface area contributed by atoms with E-state index >= 15 is 0 Å². The summed E-state index contributed by atoms with van der Waals surface area (Å²) in [6.45, 7) is 0. The standard InChI is InChI=1S/Mg.H2O7S2.2H/c;1-8(2,3)7-9(4,5)6;;/h;(H,1,2,3)(H,4,5,6);;/q+2;;2*-1. The van der Waals surface area contributed by atoms with E-state index in [0.29, 0.717) is 0 Å². The third-order valence-corrected chi connectivity index (χ3v) is 1.55. The summed E-state index contributed by atoms with van der Waals surface area (Å²) in [7, 11) is -10.2. The smallest absolute Gasteiger partial charge is 1.00 e. The predicted molar refractivity (Wildman–Crippen MR) is 32.2 cm³/mol. The third-order valence-electron chi connectivity index (χ3n) is 0.172. The van der Waals surface area contributed by atoms with Crippen LogP contribution in [0, 0.1) is 0 Å². The van der Waals surface area contributed by atoms with Crippen molar-refractivity contribution in [3.63, 3.8) is 0 Å². The van der Waals surface area contributed by atoms with Gasteiger partial charge >= 0.3 is 43.9 Å². The maximum absolute atomic E-state index is 9.44. The van der Waals surface area contributed by atoms with Gasteiger partial charge in [0.2, 0.25) is 0 Å². The molecule has 0 rings (SSSR count). The Kier molecular flexibility index (Phi) is 5.00. The van der Waals surface area contributed by atoms with Crippen molar-refractivity contribution in [3.05, 3.63) is 0 Å². The average Bonchev–Trinajstić information content (AvgIpc) is 1.14. The molecule has 0 bridgehead atoms. The molecule has 0 saturated carbocycles. The number of hydrogen-bond donors (Lipinski definition) is 2. The molecule has 0 aromatic carbocycles. The van der Waals surface area contributed by atoms with Gasteiger partial charge in [0.05, 0.1) is 0 Å². The molecule has 0 saturated heterocycles. The minimum atomic E-state index is -5.12. The van der Waals surface area contributed by atoms with Crippen LogP contribution >= 0.6 is 0 Å². The van der Waals surface area contributed by atoms with Crippen LogP contribution in [0.5, 0.6) is 0 Å². The van der Waals surface area contributed by atoms with Gasteiger partial charge in [0.25, 0.3) is 0 Å². The quantitative estimate of drug-likeness (QED) is 0.413. The SMILES string of the molecule is O=S(=O)(O)OS(=O)(=O)O.[H-].[H-].[Mg+2]. The second kappa shape index (κ2) is 3.80. The van der Waals surface area contributed by atoms with E-state index in [9.17, 15) is 16.8 Å². The summed E-state index contributed by atoms with van der Waals surface area (Å²) in [5.41, 5.74) is 0. The zero-order valence-electron chi connectivity index (χ0n) is 6.46. The minimum Gasteiger partial charge on any atom is -1.00 e. The van der Waals surface area contributed by atoms with Crippen LogP contribution in [0.3, 0.4) is 0 Å². The molecule has 10 heteroatoms. The Morgan fingerprint density at radius 3 is 1.20 bits per heavy atom. The van der Waals surface area contributed by atoms with Crippen molar-refractivity contribution in [1.29, 1.82) is 0 Å². The van der Waals surface area contributed by atoms with Crippen LogP contribution in [0.4, 0.5) is 0 Å². The van der Waals surface area contributed by atoms with Crippen molar-refractivity contribution >= 4 is 43.9 Å². The van der Waals surface area contributed by atoms with E-state index in [1.165, 1.54) is 0 Å². The second-order valence-corrected chi connectivity index (χ2v) is 3.18. The maximum atomic E-state index is 9.44. The van der Waals surface area contributed by atoms with Gasteiger partial charge in [-0.3, -0.25) is 9.11 Å². The maximum Gasteiger partial charge on any atom is 2.00 e. The summed E-state index contributed by atoms with van der Waals surface area (Å²) < 4.78 is 55.6. The van der Waals surface area contributed by atoms with E-state index in [-0.39, 0.29) is 25.9 Å². The van der Waals surface area contributed by atoms with Gasteiger partial charge in [-0.25, -0.2) is 0 Å². The largest absolute Gasteiger partial charge is 2.00 e. The number of rotatable bonds is 2. The van der Waals surface area contributed by atoms with Gasteiger partial charge in [0.15, 0.2) is 0 Å². The van der Waals surface area contributed by atoms with Crippen molar-refractivity contribution in [3.8, 4) is 0 Å². The molecule has 0 aromatic heterocycles. The van der Waals surface area contributed by atoms with E-state index in [1.54, 1.807) is 0 Å². The van der Waals surface area contributed by atoms with E-state index < -0.39 is 20.8 Å². The van der Waals surface area contributed by atoms with E-state index in [0.717, 1.165) is 0 Å². The van der Waals surface area contributed by atoms with Crippen molar-refractivity contribution in [2.45, 2.75) is 0 Å². The van der Waals surface area contributed by atoms with Gasteiger partial charge in [-0.15, -0.1) is 3.63 Å². The van der Waals surface area contributed by atoms with Crippen molar-refractivity contribution < 1.29 is 32.4 Å². The van der Waals surface area contributed by atoms with Crippen LogP contribution in [-0.4, -0.2) is 49.0 Å². The fraction of sp³-hybridized carbons (Fsp3) is 0. The van der Waals surface area contributed by atoms with Crippen LogP contribution in [0.25, 0.3) is 0 Å². The molecule has 7 nitrogen and oxygen atoms in total. The predicted octanol–water partition coefficient (Wildman–Crippen LogP) is -1.55. The summed E-state index contributed by atoms with van der Waals surface area (Å²) in [5, 5.41) is 0. The average molecular weight is 204 g/mol. The molecule has 0 spiro atoms. The molecule has 0 aliphatic heterocycles. The summed E-state index contributed by atoms with van der Waals surface area (Å²) in [6, 6.07) is 0. The Labute approximate surface area is 76.4 Å². The summed E-state index contributed by atoms with van der Waals surface area (Å²) in [5.74, 6) is 0. The molecule has 0 radical (unpaired) electrons. The fourth-order valence-electron chi connectivity index (χ4n) is 0.109. The Balaban J connectivity index is -0.000000107. The molecule has 0 fully saturated rings. The first kappa shape index (κ1) is 13.2. The van der Waals surface area contributed by atoms with E-state index in [4.69, 9.17) is 9.11 Å². The molecule has 0 aliphatic rings. The molecular weight excluding hydrogens is 200 g/mol. The van der Waals surface area contributed by atoms with Gasteiger partial charge in [-0.05, 0) is 0 Å². The van der Waals surface area contributed by atoms with Gasteiger partial charge in [-0.2, -0.15) is 16.8 Å². The second-order valence-electron chi connectivity index (χ2n) is 0.924. The van der Waals surface area contributed by atoms with Crippen LogP contribution in [0.15, 0.2) is 0 Å². The molecule has 0 amide bonds. The topological polar surface area (TPSA) is 118 Å². The summed E-state index contributed by atoms with van der Waals surface area (Å²) >= 11 is 0. The molecular formula is H4MgO7S2. The summed E-state index contributed by atoms with van der Waals surface area (Å²) in [4.78, 5) is 0. The molecule has 0 unspecified atom stereocenters. The van der Waals surface area contributed by atoms with Crippen molar-refractivity contribution in [1.82, 2.24) is 0 Å². The molecule has 60 valence electrons. The van der Waals surface area contributed by atoms with Crippen LogP contribution in [0.1, 0.15) is 2.85 Å². The molecule has 0 aliphatic carbocycles. The van der Waals surface area contributed by atoms with Crippen molar-refractivity contribution in [2.24, 2.45) is 0 Å². The minimum absolute atomic E-state index is 0. The van der Waals surface area contributed by atoms with Crippen LogP contribution < -0.4 is 0 Å². The Hall–Kier alpha value is 0.546. The summed E-state index contributed by atoms with van der Waals surface area (Å²) in [6.07, 6.45) is 0. The Bertz CT molecular complexity index is 245. The molecule has 0 atom stereocenters. The fourth-order valence-corrected chi connectivity index (χ4v) is 0.978.